The summed E-state index contributed by atoms with van der Waals surface area (Å²) in [5.74, 6) is 0.482. The van der Waals surface area contributed by atoms with Gasteiger partial charge in [0.25, 0.3) is 0 Å². The van der Waals surface area contributed by atoms with Crippen LogP contribution < -0.4 is 4.31 Å². The van der Waals surface area contributed by atoms with Crippen LogP contribution in [0.1, 0.15) is 12.1 Å². The van der Waals surface area contributed by atoms with Crippen molar-refractivity contribution >= 4 is 32.9 Å². The van der Waals surface area contributed by atoms with Crippen LogP contribution in [0.15, 0.2) is 35.9 Å². The van der Waals surface area contributed by atoms with E-state index in [0.29, 0.717) is 28.5 Å². The molecule has 10 nitrogen and oxygen atoms in total. The van der Waals surface area contributed by atoms with Gasteiger partial charge in [0.2, 0.25) is 10.0 Å². The molecular weight excluding hydrogens is 402 g/mol. The van der Waals surface area contributed by atoms with Gasteiger partial charge >= 0.3 is 0 Å². The number of thiazole rings is 1. The number of pyridine rings is 1. The van der Waals surface area contributed by atoms with E-state index in [4.69, 9.17) is 4.84 Å². The molecule has 144 valence electrons. The number of hydrogen-bond acceptors (Lipinski definition) is 10. The summed E-state index contributed by atoms with van der Waals surface area (Å²) in [5, 5.41) is 13.0. The number of rotatable bonds is 4. The number of oxime groups is 1. The van der Waals surface area contributed by atoms with Crippen LogP contribution >= 0.6 is 11.3 Å². The molecule has 4 heterocycles. The first kappa shape index (κ1) is 18.4. The molecule has 0 amide bonds. The zero-order valence-corrected chi connectivity index (χ0v) is 16.6. The molecule has 0 unspecified atom stereocenters. The van der Waals surface area contributed by atoms with Gasteiger partial charge in [-0.25, -0.2) is 18.4 Å². The van der Waals surface area contributed by atoms with Gasteiger partial charge in [-0.3, -0.25) is 9.29 Å². The van der Waals surface area contributed by atoms with Crippen LogP contribution in [0.5, 0.6) is 0 Å². The third kappa shape index (κ3) is 3.43. The Bertz CT molecular complexity index is 1150. The van der Waals surface area contributed by atoms with Gasteiger partial charge in [0.05, 0.1) is 11.1 Å². The van der Waals surface area contributed by atoms with E-state index in [0.717, 1.165) is 16.8 Å². The molecule has 0 aliphatic carbocycles. The summed E-state index contributed by atoms with van der Waals surface area (Å²) in [5.41, 5.74) is 1.74. The number of anilines is 1. The highest BCUT2D eigenvalue weighted by Gasteiger charge is 2.32. The summed E-state index contributed by atoms with van der Waals surface area (Å²) in [4.78, 5) is 18.6. The molecule has 0 bridgehead atoms. The Labute approximate surface area is 165 Å². The lowest BCUT2D eigenvalue weighted by Crippen LogP contribution is -2.38. The van der Waals surface area contributed by atoms with Crippen LogP contribution in [-0.4, -0.2) is 59.2 Å². The number of aromatic nitrogens is 5. The van der Waals surface area contributed by atoms with E-state index in [1.165, 1.54) is 22.8 Å². The Balaban J connectivity index is 1.78. The molecule has 0 atom stereocenters. The van der Waals surface area contributed by atoms with Crippen LogP contribution in [0, 0.1) is 0 Å². The summed E-state index contributed by atoms with van der Waals surface area (Å²) in [7, 11) is -2.08. The first-order valence-electron chi connectivity index (χ1n) is 8.17. The van der Waals surface area contributed by atoms with Crippen molar-refractivity contribution in [2.75, 3.05) is 24.2 Å². The van der Waals surface area contributed by atoms with E-state index in [1.54, 1.807) is 18.6 Å². The third-order valence-corrected chi connectivity index (χ3v) is 6.17. The average molecular weight is 417 g/mol. The zero-order valence-electron chi connectivity index (χ0n) is 15.0. The smallest absolute Gasteiger partial charge is 0.233 e. The molecule has 0 saturated heterocycles. The Hall–Kier alpha value is -2.99. The van der Waals surface area contributed by atoms with E-state index in [1.807, 2.05) is 12.1 Å². The van der Waals surface area contributed by atoms with Crippen molar-refractivity contribution in [2.45, 2.75) is 6.42 Å². The van der Waals surface area contributed by atoms with E-state index in [-0.39, 0.29) is 12.4 Å². The molecule has 3 aromatic rings. The lowest BCUT2D eigenvalue weighted by molar-refractivity contribution is 0.212. The van der Waals surface area contributed by atoms with Crippen molar-refractivity contribution < 1.29 is 13.3 Å². The predicted octanol–water partition coefficient (Wildman–Crippen LogP) is 1.58. The molecule has 12 heteroatoms. The summed E-state index contributed by atoms with van der Waals surface area (Å²) >= 11 is 1.39. The molecule has 0 spiro atoms. The summed E-state index contributed by atoms with van der Waals surface area (Å²) in [6.07, 6.45) is 6.55. The van der Waals surface area contributed by atoms with E-state index in [9.17, 15) is 8.42 Å². The van der Waals surface area contributed by atoms with Crippen molar-refractivity contribution in [3.8, 4) is 21.3 Å². The van der Waals surface area contributed by atoms with Crippen molar-refractivity contribution in [3.05, 3.63) is 36.4 Å². The fourth-order valence-electron chi connectivity index (χ4n) is 2.74. The second-order valence-corrected chi connectivity index (χ2v) is 8.82. The van der Waals surface area contributed by atoms with Crippen molar-refractivity contribution in [1.82, 2.24) is 25.1 Å². The van der Waals surface area contributed by atoms with E-state index in [2.05, 4.69) is 30.3 Å². The van der Waals surface area contributed by atoms with E-state index < -0.39 is 10.0 Å². The van der Waals surface area contributed by atoms with Crippen LogP contribution in [0.3, 0.4) is 0 Å². The topological polar surface area (TPSA) is 123 Å². The number of hydrogen-bond donors (Lipinski definition) is 0. The normalized spacial score (nSPS) is 15.5. The second kappa shape index (κ2) is 7.20. The molecule has 0 radical (unpaired) electrons. The van der Waals surface area contributed by atoms with E-state index >= 15 is 0 Å². The van der Waals surface area contributed by atoms with Gasteiger partial charge < -0.3 is 4.84 Å². The molecule has 0 N–H and O–H groups in total. The minimum absolute atomic E-state index is 0.144. The lowest BCUT2D eigenvalue weighted by Gasteiger charge is -2.27. The number of sulfonamides is 1. The van der Waals surface area contributed by atoms with Crippen molar-refractivity contribution in [1.29, 1.82) is 0 Å². The zero-order chi connectivity index (χ0) is 19.7. The highest BCUT2D eigenvalue weighted by atomic mass is 32.2. The van der Waals surface area contributed by atoms with Crippen molar-refractivity contribution in [2.24, 2.45) is 5.16 Å². The van der Waals surface area contributed by atoms with Gasteiger partial charge in [0, 0.05) is 37.1 Å². The predicted molar refractivity (Wildman–Crippen MR) is 105 cm³/mol. The maximum Gasteiger partial charge on any atom is 0.233 e. The van der Waals surface area contributed by atoms with Gasteiger partial charge in [-0.1, -0.05) is 5.16 Å². The number of nitrogens with zero attached hydrogens (tertiary/aromatic N) is 7. The Morgan fingerprint density at radius 1 is 1.29 bits per heavy atom. The Morgan fingerprint density at radius 3 is 2.86 bits per heavy atom. The lowest BCUT2D eigenvalue weighted by atomic mass is 10.1. The highest BCUT2D eigenvalue weighted by molar-refractivity contribution is 7.92. The molecule has 0 saturated carbocycles. The molecular formula is C16H15N7O3S2. The summed E-state index contributed by atoms with van der Waals surface area (Å²) in [6, 6.07) is 3.75. The SMILES string of the molecule is CO/N=C1\CCN(S(C)(=O)=O)c2nnc(-c3cnc(-c4cccnc4)s3)nc21. The monoisotopic (exact) mass is 417 g/mol. The maximum atomic E-state index is 12.1. The molecule has 4 rings (SSSR count). The standard InChI is InChI=1S/C16H15N7O3S2/c1-26-22-11-5-7-23(28(2,24)25)15-13(11)19-14(20-21-15)12-9-18-16(27-12)10-4-3-6-17-8-10/h3-4,6,8-9H,5,7H2,1-2H3/b22-11+. The second-order valence-electron chi connectivity index (χ2n) is 5.88. The van der Waals surface area contributed by atoms with Crippen LogP contribution in [0.2, 0.25) is 0 Å². The van der Waals surface area contributed by atoms with Crippen LogP contribution in [-0.2, 0) is 14.9 Å². The van der Waals surface area contributed by atoms with Gasteiger partial charge in [0.1, 0.15) is 23.5 Å². The van der Waals surface area contributed by atoms with Gasteiger partial charge in [-0.2, -0.15) is 0 Å². The Morgan fingerprint density at radius 2 is 2.14 bits per heavy atom. The minimum Gasteiger partial charge on any atom is -0.399 e. The molecule has 28 heavy (non-hydrogen) atoms. The molecule has 0 fully saturated rings. The molecule has 0 aromatic carbocycles. The third-order valence-electron chi connectivity index (χ3n) is 3.97. The van der Waals surface area contributed by atoms with Gasteiger partial charge in [0.15, 0.2) is 11.6 Å². The van der Waals surface area contributed by atoms with Gasteiger partial charge in [-0.05, 0) is 12.1 Å². The fraction of sp³-hybridized carbons (Fsp3) is 0.250. The summed E-state index contributed by atoms with van der Waals surface area (Å²) < 4.78 is 25.3. The fourth-order valence-corrected chi connectivity index (χ4v) is 4.44. The van der Waals surface area contributed by atoms with Crippen LogP contribution in [0.25, 0.3) is 21.3 Å². The highest BCUT2D eigenvalue weighted by Crippen LogP contribution is 2.32. The number of fused-ring (bicyclic) bond motifs is 1. The summed E-state index contributed by atoms with van der Waals surface area (Å²) in [6.45, 7) is 0.204. The first-order valence-corrected chi connectivity index (χ1v) is 10.8. The quantitative estimate of drug-likeness (QED) is 0.586. The molecule has 1 aliphatic rings. The maximum absolute atomic E-state index is 12.1. The largest absolute Gasteiger partial charge is 0.399 e. The first-order chi connectivity index (χ1) is 13.5. The molecule has 3 aromatic heterocycles. The minimum atomic E-state index is -3.51. The van der Waals surface area contributed by atoms with Gasteiger partial charge in [-0.15, -0.1) is 21.5 Å². The molecule has 1 aliphatic heterocycles. The van der Waals surface area contributed by atoms with Crippen molar-refractivity contribution in [3.63, 3.8) is 0 Å². The van der Waals surface area contributed by atoms with Crippen LogP contribution in [0.4, 0.5) is 5.82 Å². The average Bonchev–Trinajstić information content (AvgIpc) is 3.18. The Kier molecular flexibility index (Phi) is 4.73.